The molecule has 26 heavy (non-hydrogen) atoms. The second-order valence-corrected chi connectivity index (χ2v) is 7.18. The van der Waals surface area contributed by atoms with E-state index in [2.05, 4.69) is 5.16 Å². The highest BCUT2D eigenvalue weighted by molar-refractivity contribution is 5.94. The monoisotopic (exact) mass is 356 g/mol. The Morgan fingerprint density at radius 3 is 2.62 bits per heavy atom. The van der Waals surface area contributed by atoms with Crippen LogP contribution in [0.15, 0.2) is 28.8 Å². The van der Waals surface area contributed by atoms with Crippen LogP contribution in [0.3, 0.4) is 0 Å². The molecule has 1 saturated carbocycles. The van der Waals surface area contributed by atoms with Crippen molar-refractivity contribution in [2.24, 2.45) is 0 Å². The molecule has 1 aromatic heterocycles. The Morgan fingerprint density at radius 2 is 1.96 bits per heavy atom. The Labute approximate surface area is 155 Å². The quantitative estimate of drug-likeness (QED) is 0.731. The van der Waals surface area contributed by atoms with Crippen molar-refractivity contribution in [3.63, 3.8) is 0 Å². The van der Waals surface area contributed by atoms with Gasteiger partial charge in [-0.3, -0.25) is 4.79 Å². The summed E-state index contributed by atoms with van der Waals surface area (Å²) in [5, 5.41) is 3.94. The number of ether oxygens (including phenoxy) is 1. The standard InChI is InChI=1S/C21H28N2O3/c1-15-20(16(2)26-22-15)14-25-19-12-8-9-17(13-19)21(24)23(3)18-10-6-4-5-7-11-18/h8-9,12-13,18H,4-7,10-11,14H2,1-3H3. The molecule has 0 saturated heterocycles. The van der Waals surface area contributed by atoms with Crippen LogP contribution in [0.2, 0.25) is 0 Å². The second-order valence-electron chi connectivity index (χ2n) is 7.18. The van der Waals surface area contributed by atoms with E-state index in [4.69, 9.17) is 9.26 Å². The molecule has 140 valence electrons. The van der Waals surface area contributed by atoms with E-state index in [1.54, 1.807) is 0 Å². The first-order valence-corrected chi connectivity index (χ1v) is 9.48. The number of hydrogen-bond donors (Lipinski definition) is 0. The Balaban J connectivity index is 1.67. The van der Waals surface area contributed by atoms with E-state index in [1.807, 2.05) is 50.1 Å². The molecule has 0 unspecified atom stereocenters. The zero-order valence-electron chi connectivity index (χ0n) is 16.0. The largest absolute Gasteiger partial charge is 0.489 e. The molecule has 1 fully saturated rings. The van der Waals surface area contributed by atoms with Crippen LogP contribution in [0.5, 0.6) is 5.75 Å². The normalized spacial score (nSPS) is 15.5. The first kappa shape index (κ1) is 18.5. The number of hydrogen-bond acceptors (Lipinski definition) is 4. The molecule has 0 N–H and O–H groups in total. The third kappa shape index (κ3) is 4.26. The van der Waals surface area contributed by atoms with Crippen LogP contribution >= 0.6 is 0 Å². The maximum Gasteiger partial charge on any atom is 0.253 e. The van der Waals surface area contributed by atoms with Crippen LogP contribution in [-0.2, 0) is 6.61 Å². The van der Waals surface area contributed by atoms with E-state index in [9.17, 15) is 4.79 Å². The summed E-state index contributed by atoms with van der Waals surface area (Å²) in [5.74, 6) is 1.52. The average molecular weight is 356 g/mol. The fourth-order valence-electron chi connectivity index (χ4n) is 3.60. The zero-order chi connectivity index (χ0) is 18.5. The lowest BCUT2D eigenvalue weighted by Gasteiger charge is -2.27. The van der Waals surface area contributed by atoms with Gasteiger partial charge in [0.2, 0.25) is 0 Å². The van der Waals surface area contributed by atoms with Gasteiger partial charge in [0, 0.05) is 18.7 Å². The number of nitrogens with zero attached hydrogens (tertiary/aromatic N) is 2. The molecule has 1 aliphatic rings. The van der Waals surface area contributed by atoms with Gasteiger partial charge >= 0.3 is 0 Å². The van der Waals surface area contributed by atoms with Crippen LogP contribution in [0.25, 0.3) is 0 Å². The maximum absolute atomic E-state index is 12.9. The summed E-state index contributed by atoms with van der Waals surface area (Å²) < 4.78 is 11.0. The van der Waals surface area contributed by atoms with Crippen molar-refractivity contribution in [1.82, 2.24) is 10.1 Å². The lowest BCUT2D eigenvalue weighted by atomic mass is 10.1. The van der Waals surface area contributed by atoms with Crippen molar-refractivity contribution in [1.29, 1.82) is 0 Å². The summed E-state index contributed by atoms with van der Waals surface area (Å²) in [5.41, 5.74) is 2.47. The van der Waals surface area contributed by atoms with Gasteiger partial charge in [0.15, 0.2) is 0 Å². The molecular formula is C21H28N2O3. The summed E-state index contributed by atoms with van der Waals surface area (Å²) in [6.45, 7) is 4.16. The molecule has 5 nitrogen and oxygen atoms in total. The minimum atomic E-state index is 0.0692. The van der Waals surface area contributed by atoms with Gasteiger partial charge in [-0.2, -0.15) is 0 Å². The van der Waals surface area contributed by atoms with Gasteiger partial charge in [-0.1, -0.05) is 36.9 Å². The second kappa shape index (κ2) is 8.39. The van der Waals surface area contributed by atoms with Crippen LogP contribution in [0.1, 0.15) is 65.9 Å². The maximum atomic E-state index is 12.9. The van der Waals surface area contributed by atoms with Crippen LogP contribution < -0.4 is 4.74 Å². The summed E-state index contributed by atoms with van der Waals surface area (Å²) in [7, 11) is 1.93. The molecule has 0 aliphatic heterocycles. The van der Waals surface area contributed by atoms with Gasteiger partial charge in [0.1, 0.15) is 18.1 Å². The molecular weight excluding hydrogens is 328 g/mol. The molecule has 0 spiro atoms. The molecule has 0 atom stereocenters. The van der Waals surface area contributed by atoms with E-state index in [0.29, 0.717) is 24.0 Å². The highest BCUT2D eigenvalue weighted by Crippen LogP contribution is 2.24. The first-order chi connectivity index (χ1) is 12.6. The van der Waals surface area contributed by atoms with E-state index in [0.717, 1.165) is 29.9 Å². The fraction of sp³-hybridized carbons (Fsp3) is 0.524. The fourth-order valence-corrected chi connectivity index (χ4v) is 3.60. The molecule has 1 aliphatic carbocycles. The minimum Gasteiger partial charge on any atom is -0.489 e. The van der Waals surface area contributed by atoms with E-state index in [-0.39, 0.29) is 5.91 Å². The van der Waals surface area contributed by atoms with Gasteiger partial charge in [-0.05, 0) is 44.9 Å². The van der Waals surface area contributed by atoms with Crippen molar-refractivity contribution in [3.05, 3.63) is 46.8 Å². The molecule has 1 heterocycles. The topological polar surface area (TPSA) is 55.6 Å². The molecule has 1 aromatic carbocycles. The van der Waals surface area contributed by atoms with E-state index < -0.39 is 0 Å². The van der Waals surface area contributed by atoms with Crippen molar-refractivity contribution in [2.75, 3.05) is 7.05 Å². The predicted octanol–water partition coefficient (Wildman–Crippen LogP) is 4.67. The Kier molecular flexibility index (Phi) is 5.96. The van der Waals surface area contributed by atoms with Gasteiger partial charge in [0.25, 0.3) is 5.91 Å². The number of aromatic nitrogens is 1. The highest BCUT2D eigenvalue weighted by Gasteiger charge is 2.22. The first-order valence-electron chi connectivity index (χ1n) is 9.48. The van der Waals surface area contributed by atoms with E-state index >= 15 is 0 Å². The van der Waals surface area contributed by atoms with Crippen molar-refractivity contribution in [3.8, 4) is 5.75 Å². The predicted molar refractivity (Wildman–Crippen MR) is 100 cm³/mol. The minimum absolute atomic E-state index is 0.0692. The van der Waals surface area contributed by atoms with Gasteiger partial charge in [0.05, 0.1) is 11.3 Å². The highest BCUT2D eigenvalue weighted by atomic mass is 16.5. The summed E-state index contributed by atoms with van der Waals surface area (Å²) in [6.07, 6.45) is 7.19. The van der Waals surface area contributed by atoms with Crippen molar-refractivity contribution in [2.45, 2.75) is 65.0 Å². The third-order valence-electron chi connectivity index (χ3n) is 5.34. The number of carbonyl (C=O) groups is 1. The zero-order valence-corrected chi connectivity index (χ0v) is 16.0. The smallest absolute Gasteiger partial charge is 0.253 e. The lowest BCUT2D eigenvalue weighted by molar-refractivity contribution is 0.0717. The molecule has 5 heteroatoms. The SMILES string of the molecule is Cc1noc(C)c1COc1cccc(C(=O)N(C)C2CCCCCC2)c1. The van der Waals surface area contributed by atoms with Gasteiger partial charge < -0.3 is 14.2 Å². The number of benzene rings is 1. The van der Waals surface area contributed by atoms with Gasteiger partial charge in [-0.15, -0.1) is 0 Å². The van der Waals surface area contributed by atoms with Crippen molar-refractivity contribution >= 4 is 5.91 Å². The molecule has 2 aromatic rings. The van der Waals surface area contributed by atoms with Crippen LogP contribution in [0, 0.1) is 13.8 Å². The Morgan fingerprint density at radius 1 is 1.23 bits per heavy atom. The van der Waals surface area contributed by atoms with Gasteiger partial charge in [-0.25, -0.2) is 0 Å². The third-order valence-corrected chi connectivity index (χ3v) is 5.34. The van der Waals surface area contributed by atoms with Crippen molar-refractivity contribution < 1.29 is 14.1 Å². The Hall–Kier alpha value is -2.30. The van der Waals surface area contributed by atoms with Crippen LogP contribution in [-0.4, -0.2) is 29.1 Å². The number of rotatable bonds is 5. The molecule has 0 bridgehead atoms. The average Bonchev–Trinajstić information content (AvgIpc) is 2.85. The lowest BCUT2D eigenvalue weighted by Crippen LogP contribution is -2.36. The molecule has 0 radical (unpaired) electrons. The number of amides is 1. The number of carbonyl (C=O) groups excluding carboxylic acids is 1. The molecule has 1 amide bonds. The summed E-state index contributed by atoms with van der Waals surface area (Å²) >= 11 is 0. The molecule has 3 rings (SSSR count). The summed E-state index contributed by atoms with van der Waals surface area (Å²) in [6, 6.07) is 7.78. The Bertz CT molecular complexity index is 726. The van der Waals surface area contributed by atoms with E-state index in [1.165, 1.54) is 25.7 Å². The summed E-state index contributed by atoms with van der Waals surface area (Å²) in [4.78, 5) is 14.8. The van der Waals surface area contributed by atoms with Crippen LogP contribution in [0.4, 0.5) is 0 Å². The number of aryl methyl sites for hydroxylation is 2.